The Labute approximate surface area is 338 Å². The Morgan fingerprint density at radius 1 is 0.554 bits per heavy atom. The summed E-state index contributed by atoms with van der Waals surface area (Å²) in [6.45, 7) is 2.64. The molecule has 4 N–H and O–H groups in total. The predicted molar refractivity (Wildman–Crippen MR) is 226 cm³/mol. The monoisotopic (exact) mass is 808 g/mol. The van der Waals surface area contributed by atoms with Gasteiger partial charge < -0.3 is 25.2 Å². The van der Waals surface area contributed by atoms with E-state index in [1.54, 1.807) is 0 Å². The van der Waals surface area contributed by atoms with Crippen molar-refractivity contribution in [3.63, 3.8) is 0 Å². The lowest BCUT2D eigenvalue weighted by molar-refractivity contribution is -0.161. The number of phosphoric ester groups is 1. The summed E-state index contributed by atoms with van der Waals surface area (Å²) in [6.07, 6.45) is 45.3. The zero-order chi connectivity index (χ0) is 41.4. The summed E-state index contributed by atoms with van der Waals surface area (Å²) in [4.78, 5) is 45.9. The quantitative estimate of drug-likeness (QED) is 0.0235. The van der Waals surface area contributed by atoms with Crippen LogP contribution < -0.4 is 5.73 Å². The highest BCUT2D eigenvalue weighted by atomic mass is 31.2. The lowest BCUT2D eigenvalue weighted by Crippen LogP contribution is -2.34. The minimum absolute atomic E-state index is 0.134. The van der Waals surface area contributed by atoms with Crippen molar-refractivity contribution >= 4 is 25.7 Å². The number of carbonyl (C=O) groups excluding carboxylic acids is 2. The smallest absolute Gasteiger partial charge is 0.472 e. The molecule has 3 atom stereocenters. The van der Waals surface area contributed by atoms with Gasteiger partial charge in [0, 0.05) is 12.8 Å². The minimum Gasteiger partial charge on any atom is -0.480 e. The third-order valence-corrected chi connectivity index (χ3v) is 9.36. The van der Waals surface area contributed by atoms with E-state index in [2.05, 4.69) is 91.3 Å². The molecule has 0 radical (unpaired) electrons. The number of phosphoric acid groups is 1. The number of nitrogens with two attached hydrogens (primary N) is 1. The molecule has 0 heterocycles. The van der Waals surface area contributed by atoms with Crippen LogP contribution in [-0.4, -0.2) is 59.9 Å². The van der Waals surface area contributed by atoms with Crippen molar-refractivity contribution < 1.29 is 47.5 Å². The summed E-state index contributed by atoms with van der Waals surface area (Å²) in [7, 11) is -4.73. The van der Waals surface area contributed by atoms with E-state index in [1.165, 1.54) is 25.7 Å². The van der Waals surface area contributed by atoms with Crippen LogP contribution in [0.4, 0.5) is 0 Å². The number of hydrogen-bond donors (Lipinski definition) is 3. The predicted octanol–water partition coefficient (Wildman–Crippen LogP) is 10.9. The van der Waals surface area contributed by atoms with Crippen molar-refractivity contribution in [2.24, 2.45) is 5.73 Å². The summed E-state index contributed by atoms with van der Waals surface area (Å²) < 4.78 is 32.6. The van der Waals surface area contributed by atoms with Gasteiger partial charge in [-0.25, -0.2) is 4.57 Å². The molecule has 1 unspecified atom stereocenters. The zero-order valence-electron chi connectivity index (χ0n) is 34.4. The third kappa shape index (κ3) is 37.8. The van der Waals surface area contributed by atoms with E-state index in [0.29, 0.717) is 12.8 Å². The van der Waals surface area contributed by atoms with Gasteiger partial charge in [-0.3, -0.25) is 23.4 Å². The van der Waals surface area contributed by atoms with Gasteiger partial charge in [-0.2, -0.15) is 0 Å². The molecule has 11 nitrogen and oxygen atoms in total. The van der Waals surface area contributed by atoms with Crippen molar-refractivity contribution in [2.75, 3.05) is 19.8 Å². The van der Waals surface area contributed by atoms with Gasteiger partial charge in [-0.15, -0.1) is 0 Å². The van der Waals surface area contributed by atoms with Crippen molar-refractivity contribution in [1.82, 2.24) is 0 Å². The topological polar surface area (TPSA) is 172 Å². The van der Waals surface area contributed by atoms with Crippen LogP contribution in [0.15, 0.2) is 72.9 Å². The normalized spacial score (nSPS) is 14.5. The van der Waals surface area contributed by atoms with Gasteiger partial charge in [0.25, 0.3) is 0 Å². The highest BCUT2D eigenvalue weighted by molar-refractivity contribution is 7.47. The first-order valence-corrected chi connectivity index (χ1v) is 22.5. The number of carboxylic acid groups (broad SMARTS) is 1. The highest BCUT2D eigenvalue weighted by Crippen LogP contribution is 2.43. The Kier molecular flexibility index (Phi) is 36.6. The Morgan fingerprint density at radius 2 is 0.982 bits per heavy atom. The minimum atomic E-state index is -4.73. The molecule has 0 bridgehead atoms. The lowest BCUT2D eigenvalue weighted by atomic mass is 10.1. The van der Waals surface area contributed by atoms with Crippen LogP contribution in [0.3, 0.4) is 0 Å². The number of carboxylic acids is 1. The van der Waals surface area contributed by atoms with Crippen LogP contribution in [-0.2, 0) is 37.5 Å². The number of unbranched alkanes of at least 4 members (excludes halogenated alkanes) is 12. The van der Waals surface area contributed by atoms with E-state index in [9.17, 15) is 23.8 Å². The van der Waals surface area contributed by atoms with Crippen molar-refractivity contribution in [1.29, 1.82) is 0 Å². The summed E-state index contributed by atoms with van der Waals surface area (Å²) in [5, 5.41) is 8.88. The highest BCUT2D eigenvalue weighted by Gasteiger charge is 2.28. The number of ether oxygens (including phenoxy) is 2. The Morgan fingerprint density at radius 3 is 1.50 bits per heavy atom. The summed E-state index contributed by atoms with van der Waals surface area (Å²) in [6, 6.07) is -1.53. The van der Waals surface area contributed by atoms with Gasteiger partial charge in [0.15, 0.2) is 6.10 Å². The Hall–Kier alpha value is -3.08. The van der Waals surface area contributed by atoms with E-state index < -0.39 is 51.1 Å². The molecule has 320 valence electrons. The fraction of sp³-hybridized carbons (Fsp3) is 0.659. The lowest BCUT2D eigenvalue weighted by Gasteiger charge is -2.20. The van der Waals surface area contributed by atoms with Gasteiger partial charge in [0.2, 0.25) is 0 Å². The first-order chi connectivity index (χ1) is 27.1. The van der Waals surface area contributed by atoms with Crippen molar-refractivity contribution in [3.05, 3.63) is 72.9 Å². The van der Waals surface area contributed by atoms with Crippen LogP contribution in [0, 0.1) is 0 Å². The Bertz CT molecular complexity index is 1230. The molecule has 0 spiro atoms. The van der Waals surface area contributed by atoms with E-state index in [4.69, 9.17) is 24.8 Å². The maximum atomic E-state index is 12.6. The van der Waals surface area contributed by atoms with Crippen LogP contribution in [0.5, 0.6) is 0 Å². The third-order valence-electron chi connectivity index (χ3n) is 8.41. The molecular weight excluding hydrogens is 733 g/mol. The van der Waals surface area contributed by atoms with Gasteiger partial charge >= 0.3 is 25.7 Å². The molecule has 12 heteroatoms. The zero-order valence-corrected chi connectivity index (χ0v) is 35.3. The molecule has 0 rings (SSSR count). The molecule has 0 aromatic carbocycles. The summed E-state index contributed by atoms with van der Waals surface area (Å²) in [5.74, 6) is -2.45. The maximum Gasteiger partial charge on any atom is 0.472 e. The van der Waals surface area contributed by atoms with Crippen LogP contribution in [0.25, 0.3) is 0 Å². The SMILES string of the molecule is CCC/C=C/C/C=C/C/C=C/C/C=C/CCCCCC(=O)OC[C@H](COP(=O)(O)OC[C@H](N)C(=O)O)OC(=O)CCCCCCC/C=C/C/C=C/CCCCC. The number of rotatable bonds is 38. The number of allylic oxidation sites excluding steroid dienone is 12. The molecule has 0 aliphatic heterocycles. The fourth-order valence-electron chi connectivity index (χ4n) is 5.08. The second-order valence-electron chi connectivity index (χ2n) is 13.8. The molecule has 0 aromatic rings. The first kappa shape index (κ1) is 52.9. The van der Waals surface area contributed by atoms with Gasteiger partial charge in [-0.05, 0) is 83.5 Å². The number of carbonyl (C=O) groups is 3. The molecule has 0 fully saturated rings. The fourth-order valence-corrected chi connectivity index (χ4v) is 5.86. The van der Waals surface area contributed by atoms with Gasteiger partial charge in [0.05, 0.1) is 13.2 Å². The second kappa shape index (κ2) is 38.8. The molecule has 0 aromatic heterocycles. The van der Waals surface area contributed by atoms with Crippen LogP contribution in [0.1, 0.15) is 155 Å². The molecule has 0 amide bonds. The first-order valence-electron chi connectivity index (χ1n) is 21.0. The molecule has 56 heavy (non-hydrogen) atoms. The summed E-state index contributed by atoms with van der Waals surface area (Å²) >= 11 is 0. The van der Waals surface area contributed by atoms with Crippen molar-refractivity contribution in [3.8, 4) is 0 Å². The number of hydrogen-bond acceptors (Lipinski definition) is 9. The molecular formula is C44H74NO10P. The van der Waals surface area contributed by atoms with Crippen LogP contribution >= 0.6 is 7.82 Å². The Balaban J connectivity index is 4.49. The average molecular weight is 808 g/mol. The molecule has 0 aliphatic carbocycles. The van der Waals surface area contributed by atoms with Gasteiger partial charge in [-0.1, -0.05) is 132 Å². The number of esters is 2. The van der Waals surface area contributed by atoms with E-state index in [1.807, 2.05) is 0 Å². The molecule has 0 saturated carbocycles. The average Bonchev–Trinajstić information content (AvgIpc) is 3.17. The van der Waals surface area contributed by atoms with Crippen LogP contribution in [0.2, 0.25) is 0 Å². The molecule has 0 aliphatic rings. The van der Waals surface area contributed by atoms with Gasteiger partial charge in [0.1, 0.15) is 12.6 Å². The molecule has 0 saturated heterocycles. The van der Waals surface area contributed by atoms with Crippen molar-refractivity contribution in [2.45, 2.75) is 167 Å². The largest absolute Gasteiger partial charge is 0.480 e. The van der Waals surface area contributed by atoms with E-state index >= 15 is 0 Å². The number of aliphatic carboxylic acids is 1. The van der Waals surface area contributed by atoms with E-state index in [-0.39, 0.29) is 19.4 Å². The van der Waals surface area contributed by atoms with E-state index in [0.717, 1.165) is 89.9 Å². The maximum absolute atomic E-state index is 12.6. The standard InChI is InChI=1S/C44H74NO10P/c1-3-5-7-9-11-13-15-17-19-20-22-23-25-27-29-31-33-35-42(46)52-37-40(38-53-56(50,51)54-39-41(45)44(48)49)55-43(47)36-34-32-30-28-26-24-21-18-16-14-12-10-8-6-4-2/h7,9,12-15,18-21,23,25,40-41H,3-6,8,10-11,16-17,22,24,26-39,45H2,1-2H3,(H,48,49)(H,50,51)/b9-7+,14-12+,15-13+,20-19+,21-18+,25-23+/t40-,41+/m1/s1. The summed E-state index contributed by atoms with van der Waals surface area (Å²) in [5.41, 5.74) is 5.32. The second-order valence-corrected chi connectivity index (χ2v) is 15.2.